The molecule has 5 heteroatoms. The summed E-state index contributed by atoms with van der Waals surface area (Å²) in [6, 6.07) is 63.2. The third-order valence-corrected chi connectivity index (χ3v) is 14.1. The summed E-state index contributed by atoms with van der Waals surface area (Å²) in [6.45, 7) is 7.37. The van der Waals surface area contributed by atoms with Gasteiger partial charge in [-0.05, 0) is 85.0 Å². The molecule has 0 N–H and O–H groups in total. The molecule has 0 aliphatic heterocycles. The second-order valence-electron chi connectivity index (χ2n) is 18.5. The number of carbonyl (C=O) groups excluding carboxylic acids is 1. The van der Waals surface area contributed by atoms with E-state index in [2.05, 4.69) is 148 Å². The van der Waals surface area contributed by atoms with Crippen LogP contribution in [0.2, 0.25) is 0 Å². The fourth-order valence-electron chi connectivity index (χ4n) is 10.5. The molecule has 0 fully saturated rings. The lowest BCUT2D eigenvalue weighted by Gasteiger charge is -2.34. The Hall–Kier alpha value is -7.76. The van der Waals surface area contributed by atoms with Gasteiger partial charge in [0, 0.05) is 34.1 Å². The van der Waals surface area contributed by atoms with Crippen molar-refractivity contribution in [1.82, 2.24) is 15.0 Å². The number of ether oxygens (including phenoxy) is 1. The van der Waals surface area contributed by atoms with E-state index in [4.69, 9.17) is 19.7 Å². The van der Waals surface area contributed by atoms with Crippen molar-refractivity contribution in [3.8, 4) is 56.4 Å². The van der Waals surface area contributed by atoms with Crippen molar-refractivity contribution in [2.45, 2.75) is 50.5 Å². The minimum Gasteiger partial charge on any atom is -0.458 e. The molecule has 0 radical (unpaired) electrons. The fraction of sp³-hybridized carbons (Fsp3) is 0.148. The maximum atomic E-state index is 13.0. The first-order valence-corrected chi connectivity index (χ1v) is 22.9. The average Bonchev–Trinajstić information content (AvgIpc) is 3.75. The van der Waals surface area contributed by atoms with E-state index in [1.807, 2.05) is 72.8 Å². The number of benzene rings is 7. The number of carbonyl (C=O) groups is 1. The first-order valence-electron chi connectivity index (χ1n) is 22.9. The molecular formula is C61H49N3O2. The maximum absolute atomic E-state index is 13.0. The Bertz CT molecular complexity index is 3210. The smallest absolute Gasteiger partial charge is 0.330 e. The molecule has 3 aliphatic carbocycles. The highest BCUT2D eigenvalue weighted by Gasteiger charge is 2.50. The Kier molecular flexibility index (Phi) is 10.3. The van der Waals surface area contributed by atoms with Gasteiger partial charge >= 0.3 is 5.97 Å². The number of hydrogen-bond acceptors (Lipinski definition) is 5. The van der Waals surface area contributed by atoms with Gasteiger partial charge in [0.25, 0.3) is 0 Å². The van der Waals surface area contributed by atoms with Crippen LogP contribution in [0.4, 0.5) is 0 Å². The fourth-order valence-corrected chi connectivity index (χ4v) is 10.5. The minimum atomic E-state index is -0.346. The van der Waals surface area contributed by atoms with Crippen LogP contribution in [0.25, 0.3) is 62.0 Å². The van der Waals surface area contributed by atoms with Crippen LogP contribution in [0.1, 0.15) is 60.9 Å². The molecule has 66 heavy (non-hydrogen) atoms. The normalized spacial score (nSPS) is 18.7. The second kappa shape index (κ2) is 16.7. The first kappa shape index (κ1) is 41.0. The third kappa shape index (κ3) is 7.40. The van der Waals surface area contributed by atoms with E-state index in [-0.39, 0.29) is 29.3 Å². The van der Waals surface area contributed by atoms with Crippen LogP contribution in [-0.4, -0.2) is 20.9 Å². The number of aromatic nitrogens is 3. The lowest BCUT2D eigenvalue weighted by atomic mass is 9.69. The van der Waals surface area contributed by atoms with Gasteiger partial charge in [0.1, 0.15) is 6.61 Å². The van der Waals surface area contributed by atoms with E-state index in [9.17, 15) is 4.79 Å². The monoisotopic (exact) mass is 855 g/mol. The van der Waals surface area contributed by atoms with Crippen LogP contribution in [0, 0.1) is 5.92 Å². The summed E-state index contributed by atoms with van der Waals surface area (Å²) in [7, 11) is 0. The molecule has 0 saturated carbocycles. The molecule has 7 aromatic carbocycles. The zero-order valence-corrected chi connectivity index (χ0v) is 37.4. The molecule has 3 aliphatic rings. The Labute approximate surface area is 387 Å². The lowest BCUT2D eigenvalue weighted by molar-refractivity contribution is -0.139. The van der Waals surface area contributed by atoms with Gasteiger partial charge in [0.2, 0.25) is 0 Å². The molecule has 3 atom stereocenters. The Morgan fingerprint density at radius 2 is 1.05 bits per heavy atom. The SMILES string of the molecule is CC1(C/C=C\C(=O)OCc2ccccc2)C2=CC3c4ccccc4C(C)(C)C3C=C2c2cc(-c3ccc(-c4nc(-c5ccccc5)nc(-c5ccc(-c6ccccc6)cc5)n4)cc3)ccc21. The molecule has 1 heterocycles. The predicted molar refractivity (Wildman–Crippen MR) is 266 cm³/mol. The van der Waals surface area contributed by atoms with E-state index in [0.29, 0.717) is 29.8 Å². The largest absolute Gasteiger partial charge is 0.458 e. The van der Waals surface area contributed by atoms with E-state index in [0.717, 1.165) is 38.9 Å². The summed E-state index contributed by atoms with van der Waals surface area (Å²) in [5, 5.41) is 0. The van der Waals surface area contributed by atoms with Crippen LogP contribution >= 0.6 is 0 Å². The molecule has 8 aromatic rings. The van der Waals surface area contributed by atoms with E-state index < -0.39 is 0 Å². The molecule has 5 nitrogen and oxygen atoms in total. The Morgan fingerprint density at radius 3 is 1.68 bits per heavy atom. The van der Waals surface area contributed by atoms with Gasteiger partial charge < -0.3 is 4.74 Å². The van der Waals surface area contributed by atoms with Crippen LogP contribution in [0.5, 0.6) is 0 Å². The van der Waals surface area contributed by atoms with Crippen molar-refractivity contribution in [3.05, 3.63) is 240 Å². The van der Waals surface area contributed by atoms with E-state index in [1.165, 1.54) is 39.0 Å². The second-order valence-corrected chi connectivity index (χ2v) is 18.5. The van der Waals surface area contributed by atoms with Crippen molar-refractivity contribution < 1.29 is 9.53 Å². The highest BCUT2D eigenvalue weighted by molar-refractivity contribution is 5.93. The Balaban J connectivity index is 0.928. The summed E-state index contributed by atoms with van der Waals surface area (Å²) >= 11 is 0. The van der Waals surface area contributed by atoms with Crippen molar-refractivity contribution in [2.24, 2.45) is 5.92 Å². The van der Waals surface area contributed by atoms with Crippen molar-refractivity contribution in [2.75, 3.05) is 0 Å². The number of hydrogen-bond donors (Lipinski definition) is 0. The van der Waals surface area contributed by atoms with Crippen molar-refractivity contribution in [1.29, 1.82) is 0 Å². The van der Waals surface area contributed by atoms with Crippen molar-refractivity contribution >= 4 is 11.5 Å². The highest BCUT2D eigenvalue weighted by atomic mass is 16.5. The van der Waals surface area contributed by atoms with Gasteiger partial charge in [-0.3, -0.25) is 0 Å². The van der Waals surface area contributed by atoms with Gasteiger partial charge in [-0.25, -0.2) is 19.7 Å². The average molecular weight is 856 g/mol. The van der Waals surface area contributed by atoms with E-state index in [1.54, 1.807) is 6.08 Å². The summed E-state index contributed by atoms with van der Waals surface area (Å²) in [6.07, 6.45) is 9.38. The lowest BCUT2D eigenvalue weighted by Crippen LogP contribution is -2.27. The van der Waals surface area contributed by atoms with Crippen LogP contribution in [0.3, 0.4) is 0 Å². The summed E-state index contributed by atoms with van der Waals surface area (Å²) in [5.41, 5.74) is 15.9. The molecular weight excluding hydrogens is 807 g/mol. The van der Waals surface area contributed by atoms with Crippen LogP contribution in [0.15, 0.2) is 212 Å². The van der Waals surface area contributed by atoms with Gasteiger partial charge in [-0.15, -0.1) is 0 Å². The summed E-state index contributed by atoms with van der Waals surface area (Å²) < 4.78 is 5.63. The Morgan fingerprint density at radius 1 is 0.545 bits per heavy atom. The van der Waals surface area contributed by atoms with Gasteiger partial charge in [0.05, 0.1) is 0 Å². The quantitative estimate of drug-likeness (QED) is 0.101. The van der Waals surface area contributed by atoms with Crippen LogP contribution < -0.4 is 0 Å². The summed E-state index contributed by atoms with van der Waals surface area (Å²) in [5.74, 6) is 2.15. The number of fused-ring (bicyclic) bond motifs is 6. The van der Waals surface area contributed by atoms with Gasteiger partial charge in [-0.1, -0.05) is 215 Å². The number of nitrogens with zero attached hydrogens (tertiary/aromatic N) is 3. The minimum absolute atomic E-state index is 0.0216. The van der Waals surface area contributed by atoms with Gasteiger partial charge in [0.15, 0.2) is 17.5 Å². The molecule has 0 bridgehead atoms. The third-order valence-electron chi connectivity index (χ3n) is 14.1. The molecule has 11 rings (SSSR count). The zero-order chi connectivity index (χ0) is 44.8. The van der Waals surface area contributed by atoms with Crippen molar-refractivity contribution in [3.63, 3.8) is 0 Å². The molecule has 0 saturated heterocycles. The molecule has 1 aromatic heterocycles. The van der Waals surface area contributed by atoms with E-state index >= 15 is 0 Å². The number of esters is 1. The van der Waals surface area contributed by atoms with Gasteiger partial charge in [-0.2, -0.15) is 0 Å². The molecule has 0 amide bonds. The first-order chi connectivity index (χ1) is 32.2. The topological polar surface area (TPSA) is 65.0 Å². The zero-order valence-electron chi connectivity index (χ0n) is 37.4. The molecule has 0 spiro atoms. The van der Waals surface area contributed by atoms with Crippen LogP contribution in [-0.2, 0) is 27.0 Å². The number of rotatable bonds is 10. The number of allylic oxidation sites excluding steroid dienone is 5. The highest BCUT2D eigenvalue weighted by Crippen LogP contribution is 2.61. The molecule has 320 valence electrons. The predicted octanol–water partition coefficient (Wildman–Crippen LogP) is 14.2. The maximum Gasteiger partial charge on any atom is 0.330 e. The summed E-state index contributed by atoms with van der Waals surface area (Å²) in [4.78, 5) is 28.0. The standard InChI is InChI=1S/C61H49N3O2/c1-60(2)52-23-14-13-22-48(52)50-38-55-51(37-54(50)60)49-36-47(33-34-53(49)61(55,3)35-15-24-56(65)66-39-40-16-7-4-8-17-40)43-27-31-46(32-28-43)59-63-57(44-20-11-6-12-21-44)62-58(64-59)45-29-25-42(26-30-45)41-18-9-5-10-19-41/h4-34,36-38,50,54H,35,39H2,1-3H3/b24-15-. The molecule has 3 unspecified atom stereocenters.